The summed E-state index contributed by atoms with van der Waals surface area (Å²) in [5.74, 6) is -2.93. The second-order valence-corrected chi connectivity index (χ2v) is 4.48. The summed E-state index contributed by atoms with van der Waals surface area (Å²) in [5, 5.41) is 0.382. The molecule has 0 saturated carbocycles. The van der Waals surface area contributed by atoms with Gasteiger partial charge in [-0.25, -0.2) is 0 Å². The number of ether oxygens (including phenoxy) is 1. The van der Waals surface area contributed by atoms with Crippen molar-refractivity contribution in [1.82, 2.24) is 0 Å². The number of anilines is 1. The quantitative estimate of drug-likeness (QED) is 0.858. The maximum Gasteiger partial charge on any atom is 0.306 e. The zero-order valence-electron chi connectivity index (χ0n) is 9.95. The van der Waals surface area contributed by atoms with Crippen LogP contribution in [0.4, 0.5) is 14.5 Å². The minimum atomic E-state index is -3.09. The first-order chi connectivity index (χ1) is 8.99. The van der Waals surface area contributed by atoms with Crippen LogP contribution in [0.15, 0.2) is 48.5 Å². The zero-order chi connectivity index (χ0) is 13.9. The molecule has 0 fully saturated rings. The number of benzene rings is 2. The monoisotopic (exact) mass is 283 g/mol. The summed E-state index contributed by atoms with van der Waals surface area (Å²) in [6.07, 6.45) is 0. The van der Waals surface area contributed by atoms with Crippen LogP contribution in [0.3, 0.4) is 0 Å². The topological polar surface area (TPSA) is 35.2 Å². The number of hydrogen-bond donors (Lipinski definition) is 1. The highest BCUT2D eigenvalue weighted by atomic mass is 35.5. The van der Waals surface area contributed by atoms with E-state index in [1.54, 1.807) is 24.3 Å². The van der Waals surface area contributed by atoms with Crippen molar-refractivity contribution >= 4 is 17.3 Å². The summed E-state index contributed by atoms with van der Waals surface area (Å²) in [6.45, 7) is -0.790. The van der Waals surface area contributed by atoms with Crippen molar-refractivity contribution in [2.24, 2.45) is 0 Å². The SMILES string of the molecule is Nc1ccc(Cl)cc1OCC(F)(F)c1ccccc1. The van der Waals surface area contributed by atoms with Gasteiger partial charge in [0.1, 0.15) is 5.75 Å². The third-order valence-electron chi connectivity index (χ3n) is 2.58. The standard InChI is InChI=1S/C14H12ClF2NO/c15-11-6-7-12(18)13(8-11)19-9-14(16,17)10-4-2-1-3-5-10/h1-8H,9,18H2. The van der Waals surface area contributed by atoms with E-state index in [1.807, 2.05) is 0 Å². The Morgan fingerprint density at radius 2 is 1.79 bits per heavy atom. The van der Waals surface area contributed by atoms with E-state index < -0.39 is 12.5 Å². The average molecular weight is 284 g/mol. The van der Waals surface area contributed by atoms with Gasteiger partial charge in [0.2, 0.25) is 0 Å². The van der Waals surface area contributed by atoms with Gasteiger partial charge in [0, 0.05) is 16.7 Å². The summed E-state index contributed by atoms with van der Waals surface area (Å²) >= 11 is 5.76. The molecule has 2 nitrogen and oxygen atoms in total. The summed E-state index contributed by atoms with van der Waals surface area (Å²) < 4.78 is 32.8. The van der Waals surface area contributed by atoms with Crippen LogP contribution in [-0.2, 0) is 5.92 Å². The first-order valence-electron chi connectivity index (χ1n) is 5.60. The molecule has 19 heavy (non-hydrogen) atoms. The molecule has 0 heterocycles. The number of nitrogen functional groups attached to an aromatic ring is 1. The summed E-state index contributed by atoms with van der Waals surface area (Å²) in [7, 11) is 0. The number of rotatable bonds is 4. The predicted molar refractivity (Wildman–Crippen MR) is 71.7 cm³/mol. The fourth-order valence-corrected chi connectivity index (χ4v) is 1.73. The Balaban J connectivity index is 2.12. The van der Waals surface area contributed by atoms with Crippen molar-refractivity contribution in [3.8, 4) is 5.75 Å². The van der Waals surface area contributed by atoms with E-state index in [1.165, 1.54) is 24.3 Å². The average Bonchev–Trinajstić information content (AvgIpc) is 2.41. The Morgan fingerprint density at radius 1 is 1.11 bits per heavy atom. The minimum Gasteiger partial charge on any atom is -0.485 e. The Morgan fingerprint density at radius 3 is 2.47 bits per heavy atom. The minimum absolute atomic E-state index is 0.101. The summed E-state index contributed by atoms with van der Waals surface area (Å²) in [4.78, 5) is 0. The zero-order valence-corrected chi connectivity index (χ0v) is 10.7. The molecule has 0 aliphatic heterocycles. The van der Waals surface area contributed by atoms with Gasteiger partial charge in [0.05, 0.1) is 5.69 Å². The van der Waals surface area contributed by atoms with Crippen molar-refractivity contribution in [2.75, 3.05) is 12.3 Å². The van der Waals surface area contributed by atoms with E-state index in [0.717, 1.165) is 0 Å². The van der Waals surface area contributed by atoms with Crippen LogP contribution in [0.25, 0.3) is 0 Å². The lowest BCUT2D eigenvalue weighted by Crippen LogP contribution is -2.23. The van der Waals surface area contributed by atoms with Crippen molar-refractivity contribution in [3.05, 3.63) is 59.1 Å². The lowest BCUT2D eigenvalue weighted by Gasteiger charge is -2.18. The van der Waals surface area contributed by atoms with Crippen molar-refractivity contribution < 1.29 is 13.5 Å². The van der Waals surface area contributed by atoms with Gasteiger partial charge >= 0.3 is 5.92 Å². The van der Waals surface area contributed by atoms with Crippen molar-refractivity contribution in [1.29, 1.82) is 0 Å². The maximum absolute atomic E-state index is 13.9. The maximum atomic E-state index is 13.9. The molecule has 0 saturated heterocycles. The summed E-state index contributed by atoms with van der Waals surface area (Å²) in [5.41, 5.74) is 5.80. The van der Waals surface area contributed by atoms with Gasteiger partial charge in [-0.15, -0.1) is 0 Å². The predicted octanol–water partition coefficient (Wildman–Crippen LogP) is 4.09. The molecule has 0 radical (unpaired) electrons. The Bertz CT molecular complexity index is 561. The molecule has 0 amide bonds. The molecule has 0 unspecified atom stereocenters. The lowest BCUT2D eigenvalue weighted by atomic mass is 10.1. The smallest absolute Gasteiger partial charge is 0.306 e. The molecule has 0 aliphatic carbocycles. The molecule has 2 aromatic carbocycles. The Kier molecular flexibility index (Phi) is 3.90. The molecule has 100 valence electrons. The molecule has 2 aromatic rings. The van der Waals surface area contributed by atoms with E-state index in [9.17, 15) is 8.78 Å². The molecule has 0 aromatic heterocycles. The molecule has 5 heteroatoms. The first-order valence-corrected chi connectivity index (χ1v) is 5.98. The van der Waals surface area contributed by atoms with E-state index in [0.29, 0.717) is 5.02 Å². The molecule has 0 aliphatic rings. The van der Waals surface area contributed by atoms with Gasteiger partial charge in [-0.2, -0.15) is 8.78 Å². The van der Waals surface area contributed by atoms with Gasteiger partial charge in [-0.3, -0.25) is 0 Å². The van der Waals surface area contributed by atoms with Crippen LogP contribution in [-0.4, -0.2) is 6.61 Å². The van der Waals surface area contributed by atoms with Gasteiger partial charge in [-0.05, 0) is 12.1 Å². The van der Waals surface area contributed by atoms with Gasteiger partial charge in [0.15, 0.2) is 6.61 Å². The lowest BCUT2D eigenvalue weighted by molar-refractivity contribution is -0.0465. The van der Waals surface area contributed by atoms with E-state index in [-0.39, 0.29) is 17.0 Å². The van der Waals surface area contributed by atoms with Crippen LogP contribution in [0, 0.1) is 0 Å². The first kappa shape index (κ1) is 13.6. The highest BCUT2D eigenvalue weighted by Crippen LogP contribution is 2.31. The number of halogens is 3. The fraction of sp³-hybridized carbons (Fsp3) is 0.143. The van der Waals surface area contributed by atoms with Crippen LogP contribution < -0.4 is 10.5 Å². The molecule has 2 N–H and O–H groups in total. The van der Waals surface area contributed by atoms with Crippen LogP contribution in [0.1, 0.15) is 5.56 Å². The molecular formula is C14H12ClF2NO. The Labute approximate surface area is 114 Å². The molecule has 0 spiro atoms. The number of hydrogen-bond acceptors (Lipinski definition) is 2. The number of alkyl halides is 2. The molecule has 0 bridgehead atoms. The summed E-state index contributed by atoms with van der Waals surface area (Å²) in [6, 6.07) is 12.0. The second kappa shape index (κ2) is 5.45. The van der Waals surface area contributed by atoms with Gasteiger partial charge in [0.25, 0.3) is 0 Å². The largest absolute Gasteiger partial charge is 0.485 e. The third kappa shape index (κ3) is 3.35. The third-order valence-corrected chi connectivity index (χ3v) is 2.82. The Hall–Kier alpha value is -1.81. The van der Waals surface area contributed by atoms with Crippen LogP contribution >= 0.6 is 11.6 Å². The highest BCUT2D eigenvalue weighted by Gasteiger charge is 2.32. The van der Waals surface area contributed by atoms with E-state index in [4.69, 9.17) is 22.1 Å². The van der Waals surface area contributed by atoms with E-state index in [2.05, 4.69) is 0 Å². The van der Waals surface area contributed by atoms with Gasteiger partial charge < -0.3 is 10.5 Å². The highest BCUT2D eigenvalue weighted by molar-refractivity contribution is 6.30. The van der Waals surface area contributed by atoms with Crippen LogP contribution in [0.5, 0.6) is 5.75 Å². The van der Waals surface area contributed by atoms with Crippen molar-refractivity contribution in [3.63, 3.8) is 0 Å². The van der Waals surface area contributed by atoms with E-state index >= 15 is 0 Å². The normalized spacial score (nSPS) is 11.3. The molecule has 0 atom stereocenters. The fourth-order valence-electron chi connectivity index (χ4n) is 1.57. The molecule has 2 rings (SSSR count). The molecular weight excluding hydrogens is 272 g/mol. The second-order valence-electron chi connectivity index (χ2n) is 4.04. The van der Waals surface area contributed by atoms with Crippen molar-refractivity contribution in [2.45, 2.75) is 5.92 Å². The van der Waals surface area contributed by atoms with Crippen LogP contribution in [0.2, 0.25) is 5.02 Å². The number of nitrogens with two attached hydrogens (primary N) is 1. The van der Waals surface area contributed by atoms with Gasteiger partial charge in [-0.1, -0.05) is 41.9 Å².